The van der Waals surface area contributed by atoms with Crippen LogP contribution in [0.4, 0.5) is 5.82 Å². The molecule has 18 heavy (non-hydrogen) atoms. The number of methoxy groups -OCH3 is 1. The van der Waals surface area contributed by atoms with E-state index in [1.165, 1.54) is 12.8 Å². The summed E-state index contributed by atoms with van der Waals surface area (Å²) in [5.74, 6) is 3.08. The van der Waals surface area contributed by atoms with E-state index in [1.807, 2.05) is 13.0 Å². The van der Waals surface area contributed by atoms with Crippen LogP contribution < -0.4 is 15.0 Å². The summed E-state index contributed by atoms with van der Waals surface area (Å²) >= 11 is 0. The first kappa shape index (κ1) is 13.1. The SMILES string of the molecule is COc1cc(N(C)CC2CCNCC2)nc(C)n1. The van der Waals surface area contributed by atoms with Gasteiger partial charge in [-0.3, -0.25) is 0 Å². The maximum Gasteiger partial charge on any atom is 0.218 e. The average Bonchev–Trinajstić information content (AvgIpc) is 2.39. The third-order valence-corrected chi connectivity index (χ3v) is 3.39. The number of piperidine rings is 1. The minimum Gasteiger partial charge on any atom is -0.481 e. The van der Waals surface area contributed by atoms with Crippen LogP contribution >= 0.6 is 0 Å². The monoisotopic (exact) mass is 250 g/mol. The Morgan fingerprint density at radius 3 is 2.78 bits per heavy atom. The molecular formula is C13H22N4O. The molecule has 100 valence electrons. The largest absolute Gasteiger partial charge is 0.481 e. The normalized spacial score (nSPS) is 16.6. The molecule has 0 aromatic carbocycles. The topological polar surface area (TPSA) is 50.3 Å². The van der Waals surface area contributed by atoms with Crippen LogP contribution in [0, 0.1) is 12.8 Å². The van der Waals surface area contributed by atoms with Gasteiger partial charge >= 0.3 is 0 Å². The number of nitrogens with one attached hydrogen (secondary N) is 1. The first-order chi connectivity index (χ1) is 8.69. The highest BCUT2D eigenvalue weighted by Gasteiger charge is 2.16. The molecule has 2 rings (SSSR count). The number of aryl methyl sites for hydroxylation is 1. The van der Waals surface area contributed by atoms with E-state index in [4.69, 9.17) is 4.74 Å². The molecule has 0 atom stereocenters. The summed E-state index contributed by atoms with van der Waals surface area (Å²) in [6.07, 6.45) is 2.48. The second-order valence-electron chi connectivity index (χ2n) is 4.89. The molecule has 0 spiro atoms. The van der Waals surface area contributed by atoms with Gasteiger partial charge in [0, 0.05) is 19.7 Å². The predicted octanol–water partition coefficient (Wildman–Crippen LogP) is 1.23. The summed E-state index contributed by atoms with van der Waals surface area (Å²) in [5.41, 5.74) is 0. The van der Waals surface area contributed by atoms with Gasteiger partial charge in [0.1, 0.15) is 11.6 Å². The van der Waals surface area contributed by atoms with Crippen LogP contribution in [-0.4, -0.2) is 43.8 Å². The number of ether oxygens (including phenoxy) is 1. The van der Waals surface area contributed by atoms with Gasteiger partial charge < -0.3 is 15.0 Å². The Balaban J connectivity index is 2.02. The lowest BCUT2D eigenvalue weighted by Crippen LogP contribution is -2.34. The van der Waals surface area contributed by atoms with E-state index in [-0.39, 0.29) is 0 Å². The van der Waals surface area contributed by atoms with E-state index in [2.05, 4.69) is 27.2 Å². The van der Waals surface area contributed by atoms with Gasteiger partial charge in [-0.05, 0) is 38.8 Å². The first-order valence-corrected chi connectivity index (χ1v) is 6.50. The van der Waals surface area contributed by atoms with Gasteiger partial charge in [0.15, 0.2) is 0 Å². The maximum absolute atomic E-state index is 5.19. The number of nitrogens with zero attached hydrogens (tertiary/aromatic N) is 3. The van der Waals surface area contributed by atoms with E-state index in [9.17, 15) is 0 Å². The Morgan fingerprint density at radius 2 is 2.11 bits per heavy atom. The summed E-state index contributed by atoms with van der Waals surface area (Å²) in [4.78, 5) is 10.9. The van der Waals surface area contributed by atoms with E-state index in [0.717, 1.165) is 37.2 Å². The lowest BCUT2D eigenvalue weighted by molar-refractivity contribution is 0.376. The molecule has 0 unspecified atom stereocenters. The molecule has 0 bridgehead atoms. The zero-order valence-corrected chi connectivity index (χ0v) is 11.4. The van der Waals surface area contributed by atoms with E-state index in [0.29, 0.717) is 5.88 Å². The summed E-state index contributed by atoms with van der Waals surface area (Å²) in [6, 6.07) is 1.90. The van der Waals surface area contributed by atoms with Crippen LogP contribution in [0.1, 0.15) is 18.7 Å². The highest BCUT2D eigenvalue weighted by molar-refractivity contribution is 5.40. The third kappa shape index (κ3) is 3.32. The molecule has 0 amide bonds. The zero-order valence-electron chi connectivity index (χ0n) is 11.4. The first-order valence-electron chi connectivity index (χ1n) is 6.50. The zero-order chi connectivity index (χ0) is 13.0. The summed E-state index contributed by atoms with van der Waals surface area (Å²) in [6.45, 7) is 5.20. The van der Waals surface area contributed by atoms with Gasteiger partial charge in [-0.1, -0.05) is 0 Å². The predicted molar refractivity (Wildman–Crippen MR) is 72.2 cm³/mol. The van der Waals surface area contributed by atoms with Gasteiger partial charge in [0.25, 0.3) is 0 Å². The van der Waals surface area contributed by atoms with Crippen molar-refractivity contribution in [3.05, 3.63) is 11.9 Å². The van der Waals surface area contributed by atoms with Gasteiger partial charge in [-0.2, -0.15) is 4.98 Å². The van der Waals surface area contributed by atoms with Crippen molar-refractivity contribution in [2.75, 3.05) is 38.7 Å². The number of aromatic nitrogens is 2. The quantitative estimate of drug-likeness (QED) is 0.871. The molecule has 1 saturated heterocycles. The van der Waals surface area contributed by atoms with Crippen LogP contribution in [0.3, 0.4) is 0 Å². The van der Waals surface area contributed by atoms with Crippen molar-refractivity contribution in [3.63, 3.8) is 0 Å². The molecular weight excluding hydrogens is 228 g/mol. The molecule has 1 aromatic rings. The van der Waals surface area contributed by atoms with Crippen LogP contribution in [0.15, 0.2) is 6.07 Å². The van der Waals surface area contributed by atoms with Gasteiger partial charge in [0.2, 0.25) is 5.88 Å². The summed E-state index contributed by atoms with van der Waals surface area (Å²) in [7, 11) is 3.72. The van der Waals surface area contributed by atoms with Crippen LogP contribution in [0.5, 0.6) is 5.88 Å². The molecule has 0 aliphatic carbocycles. The summed E-state index contributed by atoms with van der Waals surface area (Å²) < 4.78 is 5.19. The van der Waals surface area contributed by atoms with Gasteiger partial charge in [-0.15, -0.1) is 0 Å². The molecule has 5 nitrogen and oxygen atoms in total. The minimum absolute atomic E-state index is 0.634. The Hall–Kier alpha value is -1.36. The second-order valence-corrected chi connectivity index (χ2v) is 4.89. The van der Waals surface area contributed by atoms with Crippen molar-refractivity contribution in [3.8, 4) is 5.88 Å². The smallest absolute Gasteiger partial charge is 0.218 e. The van der Waals surface area contributed by atoms with Crippen LogP contribution in [0.2, 0.25) is 0 Å². The molecule has 0 saturated carbocycles. The minimum atomic E-state index is 0.634. The fourth-order valence-corrected chi connectivity index (χ4v) is 2.37. The molecule has 1 aliphatic heterocycles. The van der Waals surface area contributed by atoms with E-state index < -0.39 is 0 Å². The van der Waals surface area contributed by atoms with E-state index >= 15 is 0 Å². The van der Waals surface area contributed by atoms with Crippen molar-refractivity contribution in [1.29, 1.82) is 0 Å². The third-order valence-electron chi connectivity index (χ3n) is 3.39. The molecule has 1 N–H and O–H groups in total. The average molecular weight is 250 g/mol. The van der Waals surface area contributed by atoms with Gasteiger partial charge in [-0.25, -0.2) is 4.98 Å². The molecule has 2 heterocycles. The van der Waals surface area contributed by atoms with Crippen LogP contribution in [-0.2, 0) is 0 Å². The van der Waals surface area contributed by atoms with Crippen molar-refractivity contribution < 1.29 is 4.74 Å². The van der Waals surface area contributed by atoms with Crippen LogP contribution in [0.25, 0.3) is 0 Å². The molecule has 1 aromatic heterocycles. The lowest BCUT2D eigenvalue weighted by atomic mass is 9.98. The second kappa shape index (κ2) is 6.00. The number of hydrogen-bond donors (Lipinski definition) is 1. The fourth-order valence-electron chi connectivity index (χ4n) is 2.37. The van der Waals surface area contributed by atoms with Gasteiger partial charge in [0.05, 0.1) is 7.11 Å². The van der Waals surface area contributed by atoms with Crippen molar-refractivity contribution in [2.24, 2.45) is 5.92 Å². The van der Waals surface area contributed by atoms with Crippen molar-refractivity contribution in [2.45, 2.75) is 19.8 Å². The Morgan fingerprint density at radius 1 is 1.39 bits per heavy atom. The number of rotatable bonds is 4. The number of hydrogen-bond acceptors (Lipinski definition) is 5. The Kier molecular flexibility index (Phi) is 4.36. The lowest BCUT2D eigenvalue weighted by Gasteiger charge is -2.28. The fraction of sp³-hybridized carbons (Fsp3) is 0.692. The van der Waals surface area contributed by atoms with Crippen molar-refractivity contribution >= 4 is 5.82 Å². The van der Waals surface area contributed by atoms with Crippen molar-refractivity contribution in [1.82, 2.24) is 15.3 Å². The Labute approximate surface area is 109 Å². The molecule has 0 radical (unpaired) electrons. The maximum atomic E-state index is 5.19. The molecule has 1 aliphatic rings. The summed E-state index contributed by atoms with van der Waals surface area (Å²) in [5, 5.41) is 3.39. The molecule has 5 heteroatoms. The molecule has 1 fully saturated rings. The highest BCUT2D eigenvalue weighted by Crippen LogP contribution is 2.19. The van der Waals surface area contributed by atoms with E-state index in [1.54, 1.807) is 7.11 Å². The standard InChI is InChI=1S/C13H22N4O/c1-10-15-12(8-13(16-10)18-3)17(2)9-11-4-6-14-7-5-11/h8,11,14H,4-7,9H2,1-3H3. The Bertz CT molecular complexity index is 391. The highest BCUT2D eigenvalue weighted by atomic mass is 16.5. The number of anilines is 1.